The third kappa shape index (κ3) is 4.73. The van der Waals surface area contributed by atoms with Crippen molar-refractivity contribution in [3.8, 4) is 0 Å². The first-order chi connectivity index (χ1) is 16.0. The molecule has 34 heavy (non-hydrogen) atoms. The molecular formula is C22H22F3N3O5S. The molecule has 8 nitrogen and oxygen atoms in total. The van der Waals surface area contributed by atoms with E-state index >= 15 is 0 Å². The van der Waals surface area contributed by atoms with Gasteiger partial charge >= 0.3 is 6.18 Å². The fourth-order valence-electron chi connectivity index (χ4n) is 4.13. The maximum atomic E-state index is 13.1. The van der Waals surface area contributed by atoms with Crippen LogP contribution in [0.2, 0.25) is 0 Å². The quantitative estimate of drug-likeness (QED) is 0.639. The Hall–Kier alpha value is -3.12. The molecule has 0 unspecified atom stereocenters. The number of furan rings is 1. The first-order valence-corrected chi connectivity index (χ1v) is 12.0. The monoisotopic (exact) mass is 497 g/mol. The second-order valence-electron chi connectivity index (χ2n) is 8.14. The minimum Gasteiger partial charge on any atom is -0.444 e. The van der Waals surface area contributed by atoms with Crippen LogP contribution in [0.15, 0.2) is 47.4 Å². The zero-order valence-electron chi connectivity index (χ0n) is 18.0. The van der Waals surface area contributed by atoms with Crippen molar-refractivity contribution in [1.29, 1.82) is 0 Å². The number of amides is 2. The molecule has 0 spiro atoms. The summed E-state index contributed by atoms with van der Waals surface area (Å²) in [5.74, 6) is -0.340. The molecule has 2 amide bonds. The van der Waals surface area contributed by atoms with Crippen molar-refractivity contribution in [3.05, 3.63) is 65.4 Å². The molecule has 1 aromatic heterocycles. The summed E-state index contributed by atoms with van der Waals surface area (Å²) >= 11 is 0. The molecule has 0 bridgehead atoms. The molecule has 0 saturated carbocycles. The van der Waals surface area contributed by atoms with E-state index in [-0.39, 0.29) is 50.5 Å². The normalized spacial score (nSPS) is 17.4. The standard InChI is InChI=1S/C22H22F3N3O5S/c1-2-19(29)26-20-11-15-12-28(13-18(15)33-20)34(31,32)17-6-8-27(9-7-17)21(30)14-4-3-5-16(10-14)22(23,24)25/h2-5,10-11,17H,1,6-9,12-13H2,(H,26,29). The molecule has 1 aromatic carbocycles. The molecule has 3 heterocycles. The third-order valence-corrected chi connectivity index (χ3v) is 8.23. The fourth-order valence-corrected chi connectivity index (χ4v) is 5.98. The van der Waals surface area contributed by atoms with Crippen LogP contribution >= 0.6 is 0 Å². The van der Waals surface area contributed by atoms with Crippen LogP contribution < -0.4 is 5.32 Å². The number of fused-ring (bicyclic) bond motifs is 1. The first-order valence-electron chi connectivity index (χ1n) is 10.5. The average molecular weight is 497 g/mol. The van der Waals surface area contributed by atoms with E-state index in [1.165, 1.54) is 21.3 Å². The zero-order valence-corrected chi connectivity index (χ0v) is 18.8. The Bertz CT molecular complexity index is 1210. The van der Waals surface area contributed by atoms with E-state index in [2.05, 4.69) is 11.9 Å². The lowest BCUT2D eigenvalue weighted by Gasteiger charge is -2.33. The maximum absolute atomic E-state index is 13.1. The summed E-state index contributed by atoms with van der Waals surface area (Å²) in [7, 11) is -3.70. The van der Waals surface area contributed by atoms with Gasteiger partial charge < -0.3 is 9.32 Å². The van der Waals surface area contributed by atoms with Gasteiger partial charge in [0.1, 0.15) is 5.76 Å². The smallest absolute Gasteiger partial charge is 0.416 e. The number of anilines is 1. The summed E-state index contributed by atoms with van der Waals surface area (Å²) in [6, 6.07) is 5.77. The summed E-state index contributed by atoms with van der Waals surface area (Å²) in [6.07, 6.45) is -3.12. The Balaban J connectivity index is 1.37. The van der Waals surface area contributed by atoms with E-state index in [1.54, 1.807) is 6.07 Å². The van der Waals surface area contributed by atoms with Gasteiger partial charge in [0.15, 0.2) is 5.88 Å². The number of nitrogens with one attached hydrogen (secondary N) is 1. The number of carbonyl (C=O) groups excluding carboxylic acids is 2. The molecule has 2 aliphatic rings. The highest BCUT2D eigenvalue weighted by Gasteiger charge is 2.40. The van der Waals surface area contributed by atoms with Gasteiger partial charge in [0.2, 0.25) is 15.9 Å². The molecule has 1 fully saturated rings. The SMILES string of the molecule is C=CC(=O)Nc1cc2c(o1)CN(S(=O)(=O)C1CCN(C(=O)c3cccc(C(F)(F)F)c3)CC1)C2. The molecule has 2 aliphatic heterocycles. The fraction of sp³-hybridized carbons (Fsp3) is 0.364. The van der Waals surface area contributed by atoms with E-state index in [0.717, 1.165) is 18.2 Å². The Kier molecular flexibility index (Phi) is 6.30. The second kappa shape index (κ2) is 8.91. The van der Waals surface area contributed by atoms with Crippen LogP contribution in [0.4, 0.5) is 19.1 Å². The van der Waals surface area contributed by atoms with Gasteiger partial charge in [-0.1, -0.05) is 12.6 Å². The summed E-state index contributed by atoms with van der Waals surface area (Å²) < 4.78 is 71.9. The molecule has 0 radical (unpaired) electrons. The molecule has 2 aromatic rings. The summed E-state index contributed by atoms with van der Waals surface area (Å²) in [5, 5.41) is 1.77. The zero-order chi connectivity index (χ0) is 24.7. The van der Waals surface area contributed by atoms with Crippen molar-refractivity contribution in [1.82, 2.24) is 9.21 Å². The van der Waals surface area contributed by atoms with Crippen molar-refractivity contribution in [2.24, 2.45) is 0 Å². The minimum absolute atomic E-state index is 0.0327. The van der Waals surface area contributed by atoms with E-state index in [0.29, 0.717) is 11.3 Å². The van der Waals surface area contributed by atoms with Gasteiger partial charge in [0.25, 0.3) is 5.91 Å². The van der Waals surface area contributed by atoms with Crippen molar-refractivity contribution < 1.29 is 35.6 Å². The number of nitrogens with zero attached hydrogens (tertiary/aromatic N) is 2. The predicted octanol–water partition coefficient (Wildman–Crippen LogP) is 3.37. The van der Waals surface area contributed by atoms with Crippen LogP contribution in [0.3, 0.4) is 0 Å². The summed E-state index contributed by atoms with van der Waals surface area (Å²) in [4.78, 5) is 25.5. The van der Waals surface area contributed by atoms with Crippen LogP contribution in [0.5, 0.6) is 0 Å². The number of hydrogen-bond acceptors (Lipinski definition) is 5. The van der Waals surface area contributed by atoms with Crippen LogP contribution in [0.25, 0.3) is 0 Å². The van der Waals surface area contributed by atoms with Crippen molar-refractivity contribution in [2.75, 3.05) is 18.4 Å². The van der Waals surface area contributed by atoms with Crippen LogP contribution in [-0.2, 0) is 34.1 Å². The Morgan fingerprint density at radius 2 is 1.85 bits per heavy atom. The molecule has 1 N–H and O–H groups in total. The number of sulfonamides is 1. The number of likely N-dealkylation sites (tertiary alicyclic amines) is 1. The Morgan fingerprint density at radius 1 is 1.15 bits per heavy atom. The Labute approximate surface area is 194 Å². The highest BCUT2D eigenvalue weighted by atomic mass is 32.2. The van der Waals surface area contributed by atoms with Gasteiger partial charge in [0, 0.05) is 36.8 Å². The molecule has 4 rings (SSSR count). The second-order valence-corrected chi connectivity index (χ2v) is 10.3. The Morgan fingerprint density at radius 3 is 2.47 bits per heavy atom. The number of halogens is 3. The lowest BCUT2D eigenvalue weighted by Crippen LogP contribution is -2.45. The first kappa shape index (κ1) is 24.0. The number of rotatable bonds is 5. The summed E-state index contributed by atoms with van der Waals surface area (Å²) in [6.45, 7) is 3.73. The average Bonchev–Trinajstić information content (AvgIpc) is 3.37. The number of alkyl halides is 3. The van der Waals surface area contributed by atoms with Crippen LogP contribution in [0, 0.1) is 0 Å². The third-order valence-electron chi connectivity index (χ3n) is 5.94. The van der Waals surface area contributed by atoms with Gasteiger partial charge in [-0.05, 0) is 37.1 Å². The van der Waals surface area contributed by atoms with Crippen molar-refractivity contribution in [3.63, 3.8) is 0 Å². The maximum Gasteiger partial charge on any atom is 0.416 e. The lowest BCUT2D eigenvalue weighted by atomic mass is 10.1. The molecule has 12 heteroatoms. The van der Waals surface area contributed by atoms with Gasteiger partial charge in [-0.3, -0.25) is 14.9 Å². The number of carbonyl (C=O) groups is 2. The van der Waals surface area contributed by atoms with Crippen molar-refractivity contribution >= 4 is 27.7 Å². The van der Waals surface area contributed by atoms with Crippen LogP contribution in [0.1, 0.15) is 40.1 Å². The number of benzene rings is 1. The van der Waals surface area contributed by atoms with Gasteiger partial charge in [-0.25, -0.2) is 8.42 Å². The van der Waals surface area contributed by atoms with E-state index in [4.69, 9.17) is 4.42 Å². The molecule has 0 atom stereocenters. The molecule has 1 saturated heterocycles. The highest BCUT2D eigenvalue weighted by Crippen LogP contribution is 2.34. The number of hydrogen-bond donors (Lipinski definition) is 1. The molecular weight excluding hydrogens is 475 g/mol. The van der Waals surface area contributed by atoms with Gasteiger partial charge in [-0.15, -0.1) is 0 Å². The number of piperidine rings is 1. The highest BCUT2D eigenvalue weighted by molar-refractivity contribution is 7.89. The molecule has 182 valence electrons. The van der Waals surface area contributed by atoms with Gasteiger partial charge in [0.05, 0.1) is 17.4 Å². The van der Waals surface area contributed by atoms with Crippen LogP contribution in [-0.4, -0.2) is 47.8 Å². The summed E-state index contributed by atoms with van der Waals surface area (Å²) in [5.41, 5.74) is -0.339. The topological polar surface area (TPSA) is 99.9 Å². The van der Waals surface area contributed by atoms with Gasteiger partial charge in [-0.2, -0.15) is 17.5 Å². The largest absolute Gasteiger partial charge is 0.444 e. The van der Waals surface area contributed by atoms with E-state index in [1.807, 2.05) is 0 Å². The van der Waals surface area contributed by atoms with E-state index in [9.17, 15) is 31.2 Å². The predicted molar refractivity (Wildman–Crippen MR) is 116 cm³/mol. The lowest BCUT2D eigenvalue weighted by molar-refractivity contribution is -0.137. The van der Waals surface area contributed by atoms with E-state index < -0.39 is 38.8 Å². The minimum atomic E-state index is -4.56. The molecule has 0 aliphatic carbocycles. The van der Waals surface area contributed by atoms with Crippen molar-refractivity contribution in [2.45, 2.75) is 37.4 Å².